The molecule has 1 saturated heterocycles. The molecule has 1 heterocycles. The van der Waals surface area contributed by atoms with E-state index in [2.05, 4.69) is 27.4 Å². The number of nitrogens with zero attached hydrogens (tertiary/aromatic N) is 2. The minimum absolute atomic E-state index is 0. The summed E-state index contributed by atoms with van der Waals surface area (Å²) < 4.78 is 5.99. The number of ether oxygens (including phenoxy) is 1. The molecule has 1 aliphatic heterocycles. The van der Waals surface area contributed by atoms with Gasteiger partial charge in [-0.25, -0.2) is 0 Å². The summed E-state index contributed by atoms with van der Waals surface area (Å²) in [5.41, 5.74) is 0.388. The van der Waals surface area contributed by atoms with Gasteiger partial charge >= 0.3 is 0 Å². The molecule has 2 unspecified atom stereocenters. The first kappa shape index (κ1) is 21.6. The zero-order valence-electron chi connectivity index (χ0n) is 17.2. The van der Waals surface area contributed by atoms with Gasteiger partial charge in [0.1, 0.15) is 0 Å². The summed E-state index contributed by atoms with van der Waals surface area (Å²) in [6.45, 7) is 5.45. The van der Waals surface area contributed by atoms with Crippen molar-refractivity contribution in [3.63, 3.8) is 0 Å². The van der Waals surface area contributed by atoms with Crippen LogP contribution in [0.5, 0.6) is 0 Å². The van der Waals surface area contributed by atoms with Gasteiger partial charge in [0.15, 0.2) is 5.96 Å². The van der Waals surface area contributed by atoms with Crippen molar-refractivity contribution >= 4 is 29.9 Å². The number of likely N-dealkylation sites (tertiary alicyclic amines) is 1. The molecule has 3 saturated carbocycles. The molecular formula is C21H39IN4O. The third-order valence-electron chi connectivity index (χ3n) is 7.68. The summed E-state index contributed by atoms with van der Waals surface area (Å²) in [7, 11) is 1.91. The van der Waals surface area contributed by atoms with Crippen molar-refractivity contribution in [3.8, 4) is 0 Å². The van der Waals surface area contributed by atoms with Gasteiger partial charge in [-0.15, -0.1) is 24.0 Å². The molecule has 6 heteroatoms. The summed E-state index contributed by atoms with van der Waals surface area (Å²) in [6, 6.07) is 1.98. The summed E-state index contributed by atoms with van der Waals surface area (Å²) in [4.78, 5) is 7.27. The maximum absolute atomic E-state index is 5.99. The van der Waals surface area contributed by atoms with Crippen LogP contribution in [0, 0.1) is 5.41 Å². The lowest BCUT2D eigenvalue weighted by atomic mass is 9.51. The zero-order valence-corrected chi connectivity index (χ0v) is 19.5. The monoisotopic (exact) mass is 490 g/mol. The Morgan fingerprint density at radius 1 is 1.07 bits per heavy atom. The number of hydrogen-bond acceptors (Lipinski definition) is 3. The molecule has 1 spiro atoms. The maximum Gasteiger partial charge on any atom is 0.191 e. The molecule has 0 bridgehead atoms. The second kappa shape index (κ2) is 9.61. The summed E-state index contributed by atoms with van der Waals surface area (Å²) in [6.07, 6.45) is 13.8. The fraction of sp³-hybridized carbons (Fsp3) is 0.952. The lowest BCUT2D eigenvalue weighted by molar-refractivity contribution is -0.168. The molecule has 0 aromatic rings. The molecule has 2 atom stereocenters. The van der Waals surface area contributed by atoms with E-state index in [1.807, 2.05) is 7.05 Å². The minimum atomic E-state index is 0. The van der Waals surface area contributed by atoms with E-state index < -0.39 is 0 Å². The Labute approximate surface area is 182 Å². The average Bonchev–Trinajstić information content (AvgIpc) is 3.13. The predicted molar refractivity (Wildman–Crippen MR) is 122 cm³/mol. The summed E-state index contributed by atoms with van der Waals surface area (Å²) >= 11 is 0. The van der Waals surface area contributed by atoms with E-state index in [0.717, 1.165) is 25.0 Å². The first-order valence-corrected chi connectivity index (χ1v) is 11.1. The van der Waals surface area contributed by atoms with E-state index in [4.69, 9.17) is 4.74 Å². The molecule has 4 rings (SSSR count). The molecule has 2 N–H and O–H groups in total. The van der Waals surface area contributed by atoms with Crippen molar-refractivity contribution in [1.29, 1.82) is 0 Å². The zero-order chi connectivity index (χ0) is 18.0. The Balaban J connectivity index is 0.00000210. The molecule has 27 heavy (non-hydrogen) atoms. The van der Waals surface area contributed by atoms with Crippen LogP contribution in [0.25, 0.3) is 0 Å². The smallest absolute Gasteiger partial charge is 0.191 e. The Morgan fingerprint density at radius 2 is 1.78 bits per heavy atom. The van der Waals surface area contributed by atoms with Gasteiger partial charge < -0.3 is 20.3 Å². The Kier molecular flexibility index (Phi) is 7.70. The number of halogens is 1. The molecule has 0 aromatic heterocycles. The van der Waals surface area contributed by atoms with Gasteiger partial charge in [0.2, 0.25) is 0 Å². The largest absolute Gasteiger partial charge is 0.378 e. The highest BCUT2D eigenvalue weighted by atomic mass is 127. The van der Waals surface area contributed by atoms with Crippen molar-refractivity contribution in [2.75, 3.05) is 26.7 Å². The number of nitrogens with one attached hydrogen (secondary N) is 2. The molecule has 3 aliphatic carbocycles. The van der Waals surface area contributed by atoms with Gasteiger partial charge in [-0.05, 0) is 51.9 Å². The molecule has 0 amide bonds. The average molecular weight is 490 g/mol. The van der Waals surface area contributed by atoms with E-state index >= 15 is 0 Å². The van der Waals surface area contributed by atoms with Gasteiger partial charge in [0.05, 0.1) is 6.10 Å². The fourth-order valence-electron chi connectivity index (χ4n) is 5.85. The molecule has 4 aliphatic rings. The van der Waals surface area contributed by atoms with Crippen LogP contribution in [0.2, 0.25) is 0 Å². The van der Waals surface area contributed by atoms with Crippen LogP contribution < -0.4 is 10.6 Å². The van der Waals surface area contributed by atoms with E-state index in [-0.39, 0.29) is 24.0 Å². The van der Waals surface area contributed by atoms with Gasteiger partial charge in [-0.1, -0.05) is 19.3 Å². The molecule has 0 radical (unpaired) electrons. The first-order valence-electron chi connectivity index (χ1n) is 11.1. The van der Waals surface area contributed by atoms with E-state index in [0.29, 0.717) is 23.6 Å². The molecule has 156 valence electrons. The standard InChI is InChI=1S/C21H38N4O.HI/c1-3-26-19-15-18(21(19)11-6-12-21)24-20(22-2)23-16-9-13-25(14-10-16)17-7-4-5-8-17;/h16-19H,3-15H2,1-2H3,(H2,22,23,24);1H. The lowest BCUT2D eigenvalue weighted by Gasteiger charge is -2.61. The van der Waals surface area contributed by atoms with Crippen LogP contribution in [0.4, 0.5) is 0 Å². The number of hydrogen-bond donors (Lipinski definition) is 2. The van der Waals surface area contributed by atoms with Crippen molar-refractivity contribution in [2.24, 2.45) is 10.4 Å². The Bertz CT molecular complexity index is 496. The topological polar surface area (TPSA) is 48.9 Å². The van der Waals surface area contributed by atoms with Crippen LogP contribution in [0.3, 0.4) is 0 Å². The van der Waals surface area contributed by atoms with Crippen LogP contribution in [-0.4, -0.2) is 61.8 Å². The van der Waals surface area contributed by atoms with Gasteiger partial charge in [0.25, 0.3) is 0 Å². The van der Waals surface area contributed by atoms with Gasteiger partial charge in [0, 0.05) is 50.3 Å². The SMILES string of the molecule is CCOC1CC(NC(=NC)NC2CCN(C3CCCC3)CC2)C12CCC2.I. The van der Waals surface area contributed by atoms with Crippen molar-refractivity contribution in [1.82, 2.24) is 15.5 Å². The van der Waals surface area contributed by atoms with E-state index in [1.54, 1.807) is 0 Å². The minimum Gasteiger partial charge on any atom is -0.378 e. The van der Waals surface area contributed by atoms with Crippen molar-refractivity contribution in [3.05, 3.63) is 0 Å². The van der Waals surface area contributed by atoms with Crippen LogP contribution in [-0.2, 0) is 4.74 Å². The molecule has 4 fully saturated rings. The Morgan fingerprint density at radius 3 is 2.33 bits per heavy atom. The fourth-order valence-corrected chi connectivity index (χ4v) is 5.85. The number of rotatable bonds is 5. The summed E-state index contributed by atoms with van der Waals surface area (Å²) in [5.74, 6) is 1.01. The quantitative estimate of drug-likeness (QED) is 0.352. The second-order valence-corrected chi connectivity index (χ2v) is 8.93. The highest BCUT2D eigenvalue weighted by molar-refractivity contribution is 14.0. The van der Waals surface area contributed by atoms with E-state index in [1.165, 1.54) is 70.9 Å². The number of piperidine rings is 1. The van der Waals surface area contributed by atoms with Crippen LogP contribution in [0.1, 0.15) is 71.1 Å². The molecular weight excluding hydrogens is 451 g/mol. The summed E-state index contributed by atoms with van der Waals surface area (Å²) in [5, 5.41) is 7.46. The predicted octanol–water partition coefficient (Wildman–Crippen LogP) is 3.52. The second-order valence-electron chi connectivity index (χ2n) is 8.93. The molecule has 0 aromatic carbocycles. The van der Waals surface area contributed by atoms with Gasteiger partial charge in [-0.3, -0.25) is 4.99 Å². The molecule has 5 nitrogen and oxygen atoms in total. The Hall–Kier alpha value is -0.0800. The number of guanidine groups is 1. The normalized spacial score (nSPS) is 31.9. The lowest BCUT2D eigenvalue weighted by Crippen LogP contribution is -2.69. The van der Waals surface area contributed by atoms with Crippen molar-refractivity contribution < 1.29 is 4.74 Å². The van der Waals surface area contributed by atoms with Crippen LogP contribution >= 0.6 is 24.0 Å². The first-order chi connectivity index (χ1) is 12.7. The third-order valence-corrected chi connectivity index (χ3v) is 7.68. The highest BCUT2D eigenvalue weighted by Crippen LogP contribution is 2.57. The van der Waals surface area contributed by atoms with Crippen molar-refractivity contribution in [2.45, 2.75) is 95.4 Å². The third kappa shape index (κ3) is 4.42. The van der Waals surface area contributed by atoms with Gasteiger partial charge in [-0.2, -0.15) is 0 Å². The van der Waals surface area contributed by atoms with E-state index in [9.17, 15) is 0 Å². The maximum atomic E-state index is 5.99. The highest BCUT2D eigenvalue weighted by Gasteiger charge is 2.59. The van der Waals surface area contributed by atoms with Crippen LogP contribution in [0.15, 0.2) is 4.99 Å². The number of aliphatic imine (C=N–C) groups is 1.